The van der Waals surface area contributed by atoms with Gasteiger partial charge in [0.15, 0.2) is 17.3 Å². The number of Topliss-reactive ketones (excluding diaryl/α,β-unsaturated/α-hetero) is 2. The van der Waals surface area contributed by atoms with Crippen molar-refractivity contribution in [2.24, 2.45) is 11.8 Å². The van der Waals surface area contributed by atoms with Crippen LogP contribution in [0.15, 0.2) is 145 Å². The zero-order valence-corrected chi connectivity index (χ0v) is 56.7. The number of nitrogens with two attached hydrogens (primary N) is 1. The van der Waals surface area contributed by atoms with Crippen LogP contribution in [0.3, 0.4) is 0 Å². The molecule has 3 heterocycles. The van der Waals surface area contributed by atoms with Gasteiger partial charge in [0, 0.05) is 104 Å². The number of carboxylic acids is 1. The maximum Gasteiger partial charge on any atom is 0.336 e. The van der Waals surface area contributed by atoms with Crippen LogP contribution in [0.2, 0.25) is 0 Å². The molecule has 0 fully saturated rings. The highest BCUT2D eigenvalue weighted by Crippen LogP contribution is 2.52. The van der Waals surface area contributed by atoms with Crippen molar-refractivity contribution >= 4 is 114 Å². The fraction of sp³-hybridized carbons (Fsp3) is 0.308. The molecule has 94 heavy (non-hydrogen) atoms. The normalized spacial score (nSPS) is 15.2. The molecule has 502 valence electrons. The van der Waals surface area contributed by atoms with E-state index in [-0.39, 0.29) is 78.2 Å². The average Bonchev–Trinajstić information content (AvgIpc) is 1.44. The van der Waals surface area contributed by atoms with Crippen molar-refractivity contribution in [3.8, 4) is 22.5 Å². The summed E-state index contributed by atoms with van der Waals surface area (Å²) >= 11 is -3.11. The maximum absolute atomic E-state index is 12.7. The van der Waals surface area contributed by atoms with Crippen molar-refractivity contribution < 1.29 is 93.7 Å². The molecule has 4 N–H and O–H groups in total. The van der Waals surface area contributed by atoms with Gasteiger partial charge in [0.1, 0.15) is 63.3 Å². The number of hydrogen-bond acceptors (Lipinski definition) is 22. The second kappa shape index (κ2) is 27.8. The van der Waals surface area contributed by atoms with E-state index in [0.29, 0.717) is 59.0 Å². The Kier molecular flexibility index (Phi) is 21.7. The van der Waals surface area contributed by atoms with E-state index in [9.17, 15) is 71.4 Å². The van der Waals surface area contributed by atoms with E-state index >= 15 is 0 Å². The summed E-state index contributed by atoms with van der Waals surface area (Å²) in [6, 6.07) is 19.4. The van der Waals surface area contributed by atoms with Gasteiger partial charge in [-0.1, -0.05) is 72.3 Å². The van der Waals surface area contributed by atoms with E-state index in [1.165, 1.54) is 42.5 Å². The SMILES string of the molecule is CC(C)C(=O)c1ccc(C(=O)O)c(-c2c3ccc(=N)c(S(=O)(=O)[O-])c-3oc3cc(N)ccc23)c1.CC[N+]1=C(/C=C/C=C/C=C2/N(CCCCCC(=O)C(C)C)c3cc(C)cc(S(=O)(=O)[O-])c3C2(C)C)C(C)(C)c2c1ccc1c(S(=O)(=O)[O-])cc(S(=O)(=O)[O-])cc21.O=S([O-])[O-]. The Morgan fingerprint density at radius 3 is 1.93 bits per heavy atom. The second-order valence-electron chi connectivity index (χ2n) is 24.0. The lowest BCUT2D eigenvalue weighted by molar-refractivity contribution is -0.433. The second-order valence-corrected chi connectivity index (χ2v) is 29.8. The fourth-order valence-corrected chi connectivity index (χ4v) is 15.0. The quantitative estimate of drug-likeness (QED) is 0.00990. The molecule has 29 heteroatoms. The molecule has 4 aliphatic rings. The van der Waals surface area contributed by atoms with E-state index in [4.69, 9.17) is 28.9 Å². The first-order valence-corrected chi connectivity index (χ1v) is 35.7. The minimum Gasteiger partial charge on any atom is -0.784 e. The number of anilines is 2. The Balaban J connectivity index is 0.000000279. The van der Waals surface area contributed by atoms with Crippen LogP contribution in [0.25, 0.3) is 44.2 Å². The number of carboxylic acid groups (broad SMARTS) is 1. The Morgan fingerprint density at radius 1 is 0.713 bits per heavy atom. The topological polar surface area (TPSA) is 433 Å². The van der Waals surface area contributed by atoms with Gasteiger partial charge in [-0.15, -0.1) is 11.4 Å². The van der Waals surface area contributed by atoms with Crippen LogP contribution in [0, 0.1) is 24.2 Å². The van der Waals surface area contributed by atoms with Crippen molar-refractivity contribution in [2.45, 2.75) is 125 Å². The molecule has 0 bridgehead atoms. The number of allylic oxidation sites excluding steroid dienone is 6. The number of hydrogen-bond donors (Lipinski definition) is 3. The van der Waals surface area contributed by atoms with Crippen molar-refractivity contribution in [3.05, 3.63) is 154 Å². The molecule has 0 atom stereocenters. The van der Waals surface area contributed by atoms with Gasteiger partial charge in [-0.05, 0) is 130 Å². The summed E-state index contributed by atoms with van der Waals surface area (Å²) < 4.78 is 180. The molecule has 5 aromatic rings. The molecule has 24 nitrogen and oxygen atoms in total. The predicted octanol–water partition coefficient (Wildman–Crippen LogP) is 9.54. The van der Waals surface area contributed by atoms with Crippen molar-refractivity contribution in [2.75, 3.05) is 23.7 Å². The zero-order chi connectivity index (χ0) is 70.3. The number of nitrogens with one attached hydrogen (secondary N) is 1. The van der Waals surface area contributed by atoms with Gasteiger partial charge in [-0.3, -0.25) is 19.2 Å². The number of nitrogen functional groups attached to an aromatic ring is 1. The smallest absolute Gasteiger partial charge is 0.336 e. The van der Waals surface area contributed by atoms with Crippen LogP contribution in [-0.2, 0) is 67.5 Å². The number of benzene rings is 6. The Labute approximate surface area is 547 Å². The van der Waals surface area contributed by atoms with Gasteiger partial charge >= 0.3 is 5.97 Å². The number of carbonyl (C=O) groups is 3. The van der Waals surface area contributed by atoms with Crippen molar-refractivity contribution in [1.29, 1.82) is 5.41 Å². The minimum absolute atomic E-state index is 0.0175. The summed E-state index contributed by atoms with van der Waals surface area (Å²) in [4.78, 5) is 36.3. The molecular weight excluding hydrogens is 1320 g/mol. The van der Waals surface area contributed by atoms with Gasteiger partial charge in [-0.2, -0.15) is 4.58 Å². The maximum atomic E-state index is 12.7. The van der Waals surface area contributed by atoms with Crippen LogP contribution < -0.4 is 16.0 Å². The number of aromatic carboxylic acids is 1. The molecule has 3 aliphatic heterocycles. The predicted molar refractivity (Wildman–Crippen MR) is 345 cm³/mol. The number of aryl methyl sites for hydroxylation is 1. The van der Waals surface area contributed by atoms with E-state index in [0.717, 1.165) is 42.8 Å². The van der Waals surface area contributed by atoms with E-state index < -0.39 is 94.4 Å². The van der Waals surface area contributed by atoms with Crippen LogP contribution >= 0.6 is 0 Å². The number of fused-ring (bicyclic) bond motifs is 6. The first kappa shape index (κ1) is 73.5. The summed E-state index contributed by atoms with van der Waals surface area (Å²) in [7, 11) is -20.2. The lowest BCUT2D eigenvalue weighted by Crippen LogP contribution is -2.27. The first-order chi connectivity index (χ1) is 43.5. The number of carbonyl (C=O) groups excluding carboxylic acids is 2. The van der Waals surface area contributed by atoms with Crippen LogP contribution in [-0.4, -0.2) is 111 Å². The molecule has 0 unspecified atom stereocenters. The highest BCUT2D eigenvalue weighted by molar-refractivity contribution is 7.87. The van der Waals surface area contributed by atoms with Crippen LogP contribution in [0.5, 0.6) is 0 Å². The third-order valence-electron chi connectivity index (χ3n) is 16.2. The lowest BCUT2D eigenvalue weighted by Gasteiger charge is -2.27. The van der Waals surface area contributed by atoms with Crippen molar-refractivity contribution in [3.63, 3.8) is 0 Å². The summed E-state index contributed by atoms with van der Waals surface area (Å²) in [5.41, 5.74) is 9.65. The summed E-state index contributed by atoms with van der Waals surface area (Å²) in [5, 5.41) is 17.9. The van der Waals surface area contributed by atoms with Gasteiger partial charge in [0.25, 0.3) is 0 Å². The Morgan fingerprint density at radius 2 is 1.35 bits per heavy atom. The molecule has 0 aromatic heterocycles. The number of nitrogens with zero attached hydrogens (tertiary/aromatic N) is 2. The van der Waals surface area contributed by atoms with Gasteiger partial charge < -0.3 is 47.5 Å². The summed E-state index contributed by atoms with van der Waals surface area (Å²) in [5.74, 6) is -2.05. The Hall–Kier alpha value is -7.94. The molecule has 0 radical (unpaired) electrons. The lowest BCUT2D eigenvalue weighted by atomic mass is 9.79. The highest BCUT2D eigenvalue weighted by atomic mass is 32.2. The van der Waals surface area contributed by atoms with Crippen LogP contribution in [0.4, 0.5) is 17.1 Å². The minimum atomic E-state index is -5.15. The van der Waals surface area contributed by atoms with Crippen molar-refractivity contribution in [1.82, 2.24) is 0 Å². The summed E-state index contributed by atoms with van der Waals surface area (Å²) in [6.07, 6.45) is 12.0. The molecule has 0 saturated heterocycles. The molecule has 0 saturated carbocycles. The third-order valence-corrected chi connectivity index (χ3v) is 19.7. The van der Waals surface area contributed by atoms with Gasteiger partial charge in [0.05, 0.1) is 31.0 Å². The molecule has 1 aliphatic carbocycles. The molecule has 9 rings (SSSR count). The fourth-order valence-electron chi connectivity index (χ4n) is 12.0. The molecule has 5 aromatic carbocycles. The Bertz CT molecular complexity index is 4920. The van der Waals surface area contributed by atoms with Gasteiger partial charge in [0.2, 0.25) is 5.69 Å². The first-order valence-electron chi connectivity index (χ1n) is 29.1. The highest BCUT2D eigenvalue weighted by Gasteiger charge is 2.46. The van der Waals surface area contributed by atoms with E-state index in [1.807, 2.05) is 83.4 Å². The van der Waals surface area contributed by atoms with E-state index in [2.05, 4.69) is 4.90 Å². The van der Waals surface area contributed by atoms with E-state index in [1.54, 1.807) is 45.0 Å². The third kappa shape index (κ3) is 15.4. The largest absolute Gasteiger partial charge is 0.784 e. The van der Waals surface area contributed by atoms with Gasteiger partial charge in [-0.25, -0.2) is 38.5 Å². The monoisotopic (exact) mass is 1380 g/mol. The zero-order valence-electron chi connectivity index (χ0n) is 52.6. The molecule has 0 amide bonds. The molecular formula is C65H67N4O20S5-5. The van der Waals surface area contributed by atoms with Crippen LogP contribution in [0.1, 0.15) is 125 Å². The molecule has 0 spiro atoms. The number of rotatable bonds is 19. The average molecular weight is 1380 g/mol. The number of unbranched alkanes of at least 4 members (excludes halogenated alkanes) is 2. The standard InChI is InChI=1S/C41H50N2O10S3.C24H20N2O7S.H2O3S/c1-9-42-31-20-19-29-30(24-28(54(45,46)47)25-34(29)55(48,49)50)38(31)40(5,6)36(42)17-13-10-14-18-37-41(7,8)39-32(22-27(4)23-35(39)56(51,52)53)43(37)21-15-11-12-16-33(44)26(2)3;1-11(2)21(27)12-3-5-14(24(28)29)17(9-12)20-15-6-4-13(25)10-19(15)33-22-16(20)7-8-18(26)23(22)34(30,31)32;1-4(2)3/h10,13-14,17-20,22-26H,9,11-12,15-16,21H2,1-8H3,(H2-,45,46,47,48,49,50,51,52,53);3-11,26H,25H2,1-2H3,(H,28,29)(H,30,31,32);(H2,1,2,3)/p-5. The summed E-state index contributed by atoms with van der Waals surface area (Å²) in [6.45, 7) is 19.4. The number of ketones is 2.